The molecule has 0 bridgehead atoms. The molecule has 13 heteroatoms. The monoisotopic (exact) mass is 646 g/mol. The van der Waals surface area contributed by atoms with Crippen LogP contribution in [0.2, 0.25) is 0 Å². The lowest BCUT2D eigenvalue weighted by atomic mass is 10.0. The van der Waals surface area contributed by atoms with Crippen molar-refractivity contribution in [3.05, 3.63) is 59.7 Å². The van der Waals surface area contributed by atoms with Crippen LogP contribution in [0.4, 0.5) is 11.5 Å². The van der Waals surface area contributed by atoms with Crippen molar-refractivity contribution in [1.29, 1.82) is 0 Å². The van der Waals surface area contributed by atoms with Crippen molar-refractivity contribution in [2.45, 2.75) is 45.1 Å². The van der Waals surface area contributed by atoms with Crippen LogP contribution >= 0.6 is 37.2 Å². The van der Waals surface area contributed by atoms with Crippen LogP contribution < -0.4 is 9.62 Å². The van der Waals surface area contributed by atoms with E-state index >= 15 is 0 Å². The first kappa shape index (κ1) is 36.4. The SMILES string of the molecule is CC(=O)c1ccc(S(=O)(=O)Nc2ccc3nc(N4CCN(C(C)CC(C)C)CC4)cc(C(=O)O)c3c2)cc1.Cl.Cl.Cl. The number of fused-ring (bicyclic) bond motifs is 1. The van der Waals surface area contributed by atoms with Crippen molar-refractivity contribution in [2.24, 2.45) is 5.92 Å². The Hall–Kier alpha value is -2.63. The zero-order chi connectivity index (χ0) is 27.6. The van der Waals surface area contributed by atoms with Crippen LogP contribution in [0.15, 0.2) is 53.4 Å². The van der Waals surface area contributed by atoms with Crippen molar-refractivity contribution in [2.75, 3.05) is 35.8 Å². The van der Waals surface area contributed by atoms with Gasteiger partial charge in [0, 0.05) is 48.9 Å². The average molecular weight is 648 g/mol. The lowest BCUT2D eigenvalue weighted by Gasteiger charge is -2.39. The third-order valence-corrected chi connectivity index (χ3v) is 8.32. The normalized spacial score (nSPS) is 14.4. The number of Topliss-reactive ketones (excluding diaryl/α,β-unsaturated/α-hetero) is 1. The Morgan fingerprint density at radius 2 is 1.56 bits per heavy atom. The number of nitrogens with one attached hydrogen (secondary N) is 1. The zero-order valence-electron chi connectivity index (χ0n) is 23.4. The topological polar surface area (TPSA) is 120 Å². The Bertz CT molecular complexity index is 1460. The molecule has 0 radical (unpaired) electrons. The molecule has 0 saturated carbocycles. The van der Waals surface area contributed by atoms with Crippen LogP contribution in [-0.2, 0) is 10.0 Å². The van der Waals surface area contributed by atoms with E-state index in [9.17, 15) is 23.1 Å². The minimum absolute atomic E-state index is 0. The fraction of sp³-hybridized carbons (Fsp3) is 0.393. The molecule has 1 aliphatic rings. The number of sulfonamides is 1. The van der Waals surface area contributed by atoms with Gasteiger partial charge in [-0.3, -0.25) is 14.4 Å². The molecule has 4 rings (SSSR count). The van der Waals surface area contributed by atoms with Gasteiger partial charge in [-0.1, -0.05) is 26.0 Å². The fourth-order valence-corrected chi connectivity index (χ4v) is 5.97. The van der Waals surface area contributed by atoms with E-state index in [1.807, 2.05) is 0 Å². The summed E-state index contributed by atoms with van der Waals surface area (Å²) in [5, 5.41) is 10.3. The molecule has 226 valence electrons. The maximum absolute atomic E-state index is 12.9. The lowest BCUT2D eigenvalue weighted by Crippen LogP contribution is -2.50. The molecule has 1 unspecified atom stereocenters. The van der Waals surface area contributed by atoms with Gasteiger partial charge in [-0.2, -0.15) is 0 Å². The number of carboxylic acid groups (broad SMARTS) is 1. The highest BCUT2D eigenvalue weighted by molar-refractivity contribution is 7.92. The molecule has 2 aromatic carbocycles. The molecule has 9 nitrogen and oxygen atoms in total. The van der Waals surface area contributed by atoms with Gasteiger partial charge >= 0.3 is 5.97 Å². The number of halogens is 3. The molecular formula is C28H37Cl3N4O5S. The van der Waals surface area contributed by atoms with E-state index in [-0.39, 0.29) is 59.2 Å². The first-order valence-corrected chi connectivity index (χ1v) is 14.2. The van der Waals surface area contributed by atoms with Crippen molar-refractivity contribution < 1.29 is 23.1 Å². The number of ketones is 1. The van der Waals surface area contributed by atoms with E-state index in [0.29, 0.717) is 34.2 Å². The van der Waals surface area contributed by atoms with E-state index in [1.54, 1.807) is 18.2 Å². The van der Waals surface area contributed by atoms with Gasteiger partial charge in [0.05, 0.1) is 16.0 Å². The quantitative estimate of drug-likeness (QED) is 0.282. The molecule has 1 atom stereocenters. The van der Waals surface area contributed by atoms with Crippen molar-refractivity contribution in [3.8, 4) is 0 Å². The van der Waals surface area contributed by atoms with E-state index in [2.05, 4.69) is 35.3 Å². The second-order valence-electron chi connectivity index (χ2n) is 10.3. The predicted molar refractivity (Wildman–Crippen MR) is 170 cm³/mol. The second-order valence-corrected chi connectivity index (χ2v) is 11.9. The highest BCUT2D eigenvalue weighted by Gasteiger charge is 2.24. The standard InChI is InChI=1S/C28H34N4O5S.3ClH/c1-18(2)15-19(3)31-11-13-32(14-12-31)27-17-25(28(34)35)24-16-22(7-10-26(24)29-27)30-38(36,37)23-8-5-21(6-9-23)20(4)33;;;/h5-10,16-19,30H,11-15H2,1-4H3,(H,34,35);3*1H. The highest BCUT2D eigenvalue weighted by Crippen LogP contribution is 2.28. The molecule has 1 aliphatic heterocycles. The van der Waals surface area contributed by atoms with E-state index in [0.717, 1.165) is 32.6 Å². The van der Waals surface area contributed by atoms with Crippen LogP contribution in [0.5, 0.6) is 0 Å². The number of anilines is 2. The van der Waals surface area contributed by atoms with Gasteiger partial charge < -0.3 is 10.0 Å². The molecule has 0 spiro atoms. The minimum atomic E-state index is -3.94. The first-order chi connectivity index (χ1) is 17.9. The number of piperazine rings is 1. The maximum atomic E-state index is 12.9. The van der Waals surface area contributed by atoms with Gasteiger partial charge in [-0.15, -0.1) is 37.2 Å². The number of carbonyl (C=O) groups excluding carboxylic acids is 1. The number of pyridine rings is 1. The minimum Gasteiger partial charge on any atom is -0.478 e. The van der Waals surface area contributed by atoms with Crippen LogP contribution in [0.1, 0.15) is 54.8 Å². The molecule has 41 heavy (non-hydrogen) atoms. The van der Waals surface area contributed by atoms with E-state index in [4.69, 9.17) is 4.98 Å². The molecule has 2 heterocycles. The maximum Gasteiger partial charge on any atom is 0.336 e. The molecule has 0 amide bonds. The van der Waals surface area contributed by atoms with Crippen LogP contribution in [0.25, 0.3) is 10.9 Å². The number of benzene rings is 2. The Morgan fingerprint density at radius 3 is 2.10 bits per heavy atom. The Kier molecular flexibility index (Phi) is 13.3. The van der Waals surface area contributed by atoms with Crippen LogP contribution in [0.3, 0.4) is 0 Å². The summed E-state index contributed by atoms with van der Waals surface area (Å²) < 4.78 is 28.3. The molecule has 3 aromatic rings. The Morgan fingerprint density at radius 1 is 0.951 bits per heavy atom. The smallest absolute Gasteiger partial charge is 0.336 e. The van der Waals surface area contributed by atoms with Gasteiger partial charge in [-0.25, -0.2) is 18.2 Å². The number of carboxylic acids is 1. The second kappa shape index (κ2) is 15.0. The third-order valence-electron chi connectivity index (χ3n) is 6.92. The number of aromatic carboxylic acids is 1. The summed E-state index contributed by atoms with van der Waals surface area (Å²) in [6.07, 6.45) is 1.13. The van der Waals surface area contributed by atoms with E-state index < -0.39 is 16.0 Å². The summed E-state index contributed by atoms with van der Waals surface area (Å²) in [6.45, 7) is 11.4. The summed E-state index contributed by atoms with van der Waals surface area (Å²) in [7, 11) is -3.94. The zero-order valence-corrected chi connectivity index (χ0v) is 26.6. The number of nitrogens with zero attached hydrogens (tertiary/aromatic N) is 3. The molecule has 2 N–H and O–H groups in total. The number of aromatic nitrogens is 1. The summed E-state index contributed by atoms with van der Waals surface area (Å²) in [4.78, 5) is 32.9. The number of rotatable bonds is 9. The fourth-order valence-electron chi connectivity index (χ4n) is 4.92. The number of hydrogen-bond donors (Lipinski definition) is 2. The lowest BCUT2D eigenvalue weighted by molar-refractivity contribution is 0.0698. The largest absolute Gasteiger partial charge is 0.478 e. The predicted octanol–water partition coefficient (Wildman–Crippen LogP) is 5.76. The highest BCUT2D eigenvalue weighted by atomic mass is 35.5. The summed E-state index contributed by atoms with van der Waals surface area (Å²) in [5.74, 6) is -0.0374. The van der Waals surface area contributed by atoms with Crippen LogP contribution in [0, 0.1) is 5.92 Å². The van der Waals surface area contributed by atoms with Gasteiger partial charge in [-0.05, 0) is 62.6 Å². The van der Waals surface area contributed by atoms with Gasteiger partial charge in [0.15, 0.2) is 5.78 Å². The molecular weight excluding hydrogens is 611 g/mol. The molecule has 0 aliphatic carbocycles. The van der Waals surface area contributed by atoms with Gasteiger partial charge in [0.25, 0.3) is 10.0 Å². The summed E-state index contributed by atoms with van der Waals surface area (Å²) in [5.41, 5.74) is 1.17. The third kappa shape index (κ3) is 8.68. The summed E-state index contributed by atoms with van der Waals surface area (Å²) in [6, 6.07) is 12.4. The number of carbonyl (C=O) groups is 2. The Balaban J connectivity index is 0.00000280. The van der Waals surface area contributed by atoms with Crippen molar-refractivity contribution in [3.63, 3.8) is 0 Å². The Labute approximate surface area is 260 Å². The van der Waals surface area contributed by atoms with E-state index in [1.165, 1.54) is 37.3 Å². The van der Waals surface area contributed by atoms with Gasteiger partial charge in [0.2, 0.25) is 0 Å². The molecule has 1 fully saturated rings. The number of hydrogen-bond acceptors (Lipinski definition) is 7. The molecule has 1 aromatic heterocycles. The van der Waals surface area contributed by atoms with Crippen molar-refractivity contribution >= 4 is 81.4 Å². The van der Waals surface area contributed by atoms with Crippen molar-refractivity contribution in [1.82, 2.24) is 9.88 Å². The first-order valence-electron chi connectivity index (χ1n) is 12.8. The van der Waals surface area contributed by atoms with Gasteiger partial charge in [0.1, 0.15) is 5.82 Å². The van der Waals surface area contributed by atoms with Crippen LogP contribution in [-0.4, -0.2) is 67.4 Å². The summed E-state index contributed by atoms with van der Waals surface area (Å²) >= 11 is 0. The average Bonchev–Trinajstić information content (AvgIpc) is 2.87. The molecule has 1 saturated heterocycles.